The molecule has 1 aliphatic rings. The number of hydrogen-bond donors (Lipinski definition) is 1. The molecule has 2 aromatic carbocycles. The highest BCUT2D eigenvalue weighted by Gasteiger charge is 2.40. The maximum Gasteiger partial charge on any atom is 0.226 e. The number of amides is 2. The number of carbonyl (C=O) groups excluding carboxylic acids is 2. The van der Waals surface area contributed by atoms with Crippen molar-refractivity contribution in [2.45, 2.75) is 32.6 Å². The first kappa shape index (κ1) is 21.3. The first-order valence-corrected chi connectivity index (χ1v) is 11.6. The minimum Gasteiger partial charge on any atom is -0.369 e. The van der Waals surface area contributed by atoms with Crippen molar-refractivity contribution >= 4 is 23.2 Å². The number of rotatable bonds is 6. The minimum atomic E-state index is -0.603. The normalized spacial score (nSPS) is 15.6. The van der Waals surface area contributed by atoms with E-state index < -0.39 is 5.41 Å². The number of benzene rings is 2. The fourth-order valence-electron chi connectivity index (χ4n) is 4.47. The fraction of sp³-hybridized carbons (Fsp3) is 0.308. The number of nitrogens with two attached hydrogens (primary N) is 1. The van der Waals surface area contributed by atoms with Gasteiger partial charge in [0.1, 0.15) is 0 Å². The Morgan fingerprint density at radius 1 is 1.00 bits per heavy atom. The molecule has 0 saturated carbocycles. The Bertz CT molecular complexity index is 1070. The lowest BCUT2D eigenvalue weighted by molar-refractivity contribution is -0.138. The Morgan fingerprint density at radius 3 is 2.42 bits per heavy atom. The average Bonchev–Trinajstić information content (AvgIpc) is 3.29. The van der Waals surface area contributed by atoms with Gasteiger partial charge in [-0.25, -0.2) is 0 Å². The number of piperidine rings is 1. The van der Waals surface area contributed by atoms with Crippen molar-refractivity contribution in [2.24, 2.45) is 11.1 Å². The van der Waals surface area contributed by atoms with Gasteiger partial charge in [-0.3, -0.25) is 9.59 Å². The van der Waals surface area contributed by atoms with E-state index in [4.69, 9.17) is 5.73 Å². The van der Waals surface area contributed by atoms with Crippen molar-refractivity contribution in [1.82, 2.24) is 4.90 Å². The van der Waals surface area contributed by atoms with Crippen LogP contribution in [0.3, 0.4) is 0 Å². The van der Waals surface area contributed by atoms with Crippen LogP contribution in [0, 0.1) is 12.3 Å². The second-order valence-corrected chi connectivity index (χ2v) is 9.49. The summed E-state index contributed by atoms with van der Waals surface area (Å²) in [5.41, 5.74) is 9.76. The summed E-state index contributed by atoms with van der Waals surface area (Å²) in [5, 5.41) is 2.07. The number of likely N-dealkylation sites (tertiary alicyclic amines) is 1. The van der Waals surface area contributed by atoms with E-state index in [1.54, 1.807) is 11.3 Å². The second kappa shape index (κ2) is 9.06. The monoisotopic (exact) mass is 432 g/mol. The van der Waals surface area contributed by atoms with E-state index in [1.807, 2.05) is 42.2 Å². The molecule has 31 heavy (non-hydrogen) atoms. The lowest BCUT2D eigenvalue weighted by Gasteiger charge is -2.40. The van der Waals surface area contributed by atoms with Gasteiger partial charge in [-0.05, 0) is 54.3 Å². The second-order valence-electron chi connectivity index (χ2n) is 8.55. The molecule has 1 aliphatic heterocycles. The largest absolute Gasteiger partial charge is 0.369 e. The van der Waals surface area contributed by atoms with Crippen LogP contribution in [-0.2, 0) is 22.4 Å². The van der Waals surface area contributed by atoms with Gasteiger partial charge in [0, 0.05) is 18.0 Å². The van der Waals surface area contributed by atoms with Crippen molar-refractivity contribution in [3.05, 3.63) is 82.7 Å². The molecular weight excluding hydrogens is 404 g/mol. The van der Waals surface area contributed by atoms with Gasteiger partial charge >= 0.3 is 0 Å². The molecule has 2 amide bonds. The standard InChI is InChI=1S/C26H28N2O2S/c1-19-5-2-6-20(15-19)17-24(29)28-12-10-26(11-13-28,25(27)30)18-21-7-3-8-22(16-21)23-9-4-14-31-23/h2-9,14-16H,10-13,17-18H2,1H3,(H2,27,30). The summed E-state index contributed by atoms with van der Waals surface area (Å²) < 4.78 is 0. The molecule has 0 unspecified atom stereocenters. The average molecular weight is 433 g/mol. The van der Waals surface area contributed by atoms with Gasteiger partial charge in [-0.15, -0.1) is 11.3 Å². The van der Waals surface area contributed by atoms with Gasteiger partial charge in [0.25, 0.3) is 0 Å². The van der Waals surface area contributed by atoms with Crippen molar-refractivity contribution in [2.75, 3.05) is 13.1 Å². The predicted molar refractivity (Wildman–Crippen MR) is 126 cm³/mol. The van der Waals surface area contributed by atoms with E-state index in [9.17, 15) is 9.59 Å². The van der Waals surface area contributed by atoms with E-state index in [0.717, 1.165) is 22.3 Å². The highest BCUT2D eigenvalue weighted by molar-refractivity contribution is 7.13. The van der Waals surface area contributed by atoms with Crippen LogP contribution < -0.4 is 5.73 Å². The van der Waals surface area contributed by atoms with Gasteiger partial charge in [-0.1, -0.05) is 60.2 Å². The summed E-state index contributed by atoms with van der Waals surface area (Å²) in [5.74, 6) is -0.150. The summed E-state index contributed by atoms with van der Waals surface area (Å²) in [6, 6.07) is 20.6. The van der Waals surface area contributed by atoms with Crippen molar-refractivity contribution in [3.8, 4) is 10.4 Å². The van der Waals surface area contributed by atoms with Crippen LogP contribution in [0.5, 0.6) is 0 Å². The lowest BCUT2D eigenvalue weighted by atomic mass is 9.73. The molecule has 2 heterocycles. The molecular formula is C26H28N2O2S. The van der Waals surface area contributed by atoms with E-state index in [1.165, 1.54) is 4.88 Å². The first-order chi connectivity index (χ1) is 14.9. The quantitative estimate of drug-likeness (QED) is 0.619. The highest BCUT2D eigenvalue weighted by Crippen LogP contribution is 2.36. The van der Waals surface area contributed by atoms with Crippen LogP contribution in [0.4, 0.5) is 0 Å². The van der Waals surface area contributed by atoms with Crippen LogP contribution in [0.2, 0.25) is 0 Å². The van der Waals surface area contributed by atoms with Crippen molar-refractivity contribution in [1.29, 1.82) is 0 Å². The molecule has 4 rings (SSSR count). The van der Waals surface area contributed by atoms with Gasteiger partial charge in [0.2, 0.25) is 11.8 Å². The minimum absolute atomic E-state index is 0.114. The predicted octanol–water partition coefficient (Wildman–Crippen LogP) is 4.60. The van der Waals surface area contributed by atoms with Gasteiger partial charge in [0.05, 0.1) is 11.8 Å². The van der Waals surface area contributed by atoms with Crippen LogP contribution in [0.15, 0.2) is 66.0 Å². The molecule has 160 valence electrons. The summed E-state index contributed by atoms with van der Waals surface area (Å²) in [6.45, 7) is 3.17. The highest BCUT2D eigenvalue weighted by atomic mass is 32.1. The Hall–Kier alpha value is -2.92. The van der Waals surface area contributed by atoms with Gasteiger partial charge < -0.3 is 10.6 Å². The Kier molecular flexibility index (Phi) is 6.23. The topological polar surface area (TPSA) is 63.4 Å². The van der Waals surface area contributed by atoms with E-state index in [-0.39, 0.29) is 11.8 Å². The SMILES string of the molecule is Cc1cccc(CC(=O)N2CCC(Cc3cccc(-c4cccs4)c3)(C(N)=O)CC2)c1. The van der Waals surface area contributed by atoms with Crippen LogP contribution in [0.25, 0.3) is 10.4 Å². The van der Waals surface area contributed by atoms with Crippen LogP contribution >= 0.6 is 11.3 Å². The Labute approximate surface area is 187 Å². The first-order valence-electron chi connectivity index (χ1n) is 10.7. The molecule has 1 aromatic heterocycles. The van der Waals surface area contributed by atoms with Gasteiger partial charge in [0.15, 0.2) is 0 Å². The number of nitrogens with zero attached hydrogens (tertiary/aromatic N) is 1. The van der Waals surface area contributed by atoms with Crippen LogP contribution in [0.1, 0.15) is 29.5 Å². The summed E-state index contributed by atoms with van der Waals surface area (Å²) in [6.07, 6.45) is 2.21. The summed E-state index contributed by atoms with van der Waals surface area (Å²) >= 11 is 1.71. The maximum absolute atomic E-state index is 12.8. The molecule has 5 heteroatoms. The molecule has 3 aromatic rings. The zero-order valence-electron chi connectivity index (χ0n) is 17.8. The van der Waals surface area contributed by atoms with Crippen LogP contribution in [-0.4, -0.2) is 29.8 Å². The maximum atomic E-state index is 12.8. The smallest absolute Gasteiger partial charge is 0.226 e. The molecule has 4 nitrogen and oxygen atoms in total. The molecule has 1 saturated heterocycles. The number of carbonyl (C=O) groups is 2. The molecule has 0 radical (unpaired) electrons. The molecule has 2 N–H and O–H groups in total. The zero-order chi connectivity index (χ0) is 21.8. The summed E-state index contributed by atoms with van der Waals surface area (Å²) in [7, 11) is 0. The molecule has 0 aliphatic carbocycles. The third-order valence-corrected chi connectivity index (χ3v) is 7.23. The summed E-state index contributed by atoms with van der Waals surface area (Å²) in [4.78, 5) is 28.4. The lowest BCUT2D eigenvalue weighted by Crippen LogP contribution is -2.50. The number of primary amides is 1. The van der Waals surface area contributed by atoms with Crippen molar-refractivity contribution < 1.29 is 9.59 Å². The number of aryl methyl sites for hydroxylation is 1. The third kappa shape index (κ3) is 4.88. The number of hydrogen-bond acceptors (Lipinski definition) is 3. The third-order valence-electron chi connectivity index (χ3n) is 6.31. The fourth-order valence-corrected chi connectivity index (χ4v) is 5.20. The van der Waals surface area contributed by atoms with E-state index in [2.05, 4.69) is 35.7 Å². The van der Waals surface area contributed by atoms with Gasteiger partial charge in [-0.2, -0.15) is 0 Å². The molecule has 1 fully saturated rings. The zero-order valence-corrected chi connectivity index (χ0v) is 18.7. The van der Waals surface area contributed by atoms with E-state index in [0.29, 0.717) is 38.8 Å². The van der Waals surface area contributed by atoms with E-state index >= 15 is 0 Å². The number of thiophene rings is 1. The Morgan fingerprint density at radius 2 is 1.74 bits per heavy atom. The molecule has 0 bridgehead atoms. The molecule has 0 atom stereocenters. The Balaban J connectivity index is 1.44. The van der Waals surface area contributed by atoms with Crippen molar-refractivity contribution in [3.63, 3.8) is 0 Å². The molecule has 0 spiro atoms.